The van der Waals surface area contributed by atoms with E-state index < -0.39 is 0 Å². The molecule has 3 nitrogen and oxygen atoms in total. The van der Waals surface area contributed by atoms with Crippen LogP contribution in [-0.2, 0) is 4.79 Å². The fourth-order valence-electron chi connectivity index (χ4n) is 3.92. The fourth-order valence-corrected chi connectivity index (χ4v) is 4.45. The summed E-state index contributed by atoms with van der Waals surface area (Å²) in [5.74, 6) is 1.08. The Bertz CT molecular complexity index is 736. The monoisotopic (exact) mass is 390 g/mol. The summed E-state index contributed by atoms with van der Waals surface area (Å²) in [4.78, 5) is 15.5. The van der Waals surface area contributed by atoms with Crippen LogP contribution in [0.2, 0.25) is 10.0 Å². The van der Waals surface area contributed by atoms with Crippen molar-refractivity contribution in [1.29, 1.82) is 0 Å². The van der Waals surface area contributed by atoms with Crippen LogP contribution in [0.4, 0.5) is 5.69 Å². The van der Waals surface area contributed by atoms with Gasteiger partial charge in [0.2, 0.25) is 5.91 Å². The van der Waals surface area contributed by atoms with E-state index in [2.05, 4.69) is 24.1 Å². The molecule has 0 aliphatic carbocycles. The van der Waals surface area contributed by atoms with E-state index in [0.717, 1.165) is 18.7 Å². The minimum absolute atomic E-state index is 0.0594. The lowest BCUT2D eigenvalue weighted by atomic mass is 9.89. The molecule has 1 aliphatic heterocycles. The summed E-state index contributed by atoms with van der Waals surface area (Å²) in [7, 11) is 0. The van der Waals surface area contributed by atoms with Gasteiger partial charge in [0.1, 0.15) is 6.04 Å². The molecule has 0 spiro atoms. The van der Waals surface area contributed by atoms with Crippen molar-refractivity contribution < 1.29 is 4.79 Å². The third kappa shape index (κ3) is 4.79. The largest absolute Gasteiger partial charge is 0.324 e. The number of benzene rings is 2. The average Bonchev–Trinajstić information content (AvgIpc) is 2.54. The van der Waals surface area contributed by atoms with Crippen LogP contribution in [0.5, 0.6) is 0 Å². The van der Waals surface area contributed by atoms with Crippen LogP contribution in [0.25, 0.3) is 0 Å². The van der Waals surface area contributed by atoms with Crippen molar-refractivity contribution >= 4 is 34.8 Å². The summed E-state index contributed by atoms with van der Waals surface area (Å²) >= 11 is 12.1. The van der Waals surface area contributed by atoms with Crippen LogP contribution in [0, 0.1) is 11.8 Å². The van der Waals surface area contributed by atoms with Crippen molar-refractivity contribution in [2.75, 3.05) is 18.4 Å². The zero-order chi connectivity index (χ0) is 18.7. The molecular formula is C21H24Cl2N2O. The minimum atomic E-state index is -0.334. The molecule has 0 unspecified atom stereocenters. The summed E-state index contributed by atoms with van der Waals surface area (Å²) in [6, 6.07) is 14.7. The smallest absolute Gasteiger partial charge is 0.246 e. The maximum Gasteiger partial charge on any atom is 0.246 e. The number of hydrogen-bond acceptors (Lipinski definition) is 2. The lowest BCUT2D eigenvalue weighted by Gasteiger charge is -2.39. The second kappa shape index (κ2) is 8.43. The van der Waals surface area contributed by atoms with E-state index in [1.54, 1.807) is 18.2 Å². The maximum atomic E-state index is 13.2. The summed E-state index contributed by atoms with van der Waals surface area (Å²) in [6.07, 6.45) is 1.20. The van der Waals surface area contributed by atoms with Crippen molar-refractivity contribution in [3.63, 3.8) is 0 Å². The molecule has 1 N–H and O–H groups in total. The number of carbonyl (C=O) groups excluding carboxylic acids is 1. The van der Waals surface area contributed by atoms with Gasteiger partial charge in [0, 0.05) is 28.8 Å². The third-order valence-electron chi connectivity index (χ3n) is 4.76. The second-order valence-corrected chi connectivity index (χ2v) is 8.23. The lowest BCUT2D eigenvalue weighted by molar-refractivity contribution is -0.122. The first kappa shape index (κ1) is 19.2. The lowest BCUT2D eigenvalue weighted by Crippen LogP contribution is -2.45. The predicted octanol–water partition coefficient (Wildman–Crippen LogP) is 5.65. The van der Waals surface area contributed by atoms with E-state index in [1.165, 1.54) is 6.42 Å². The Morgan fingerprint density at radius 2 is 1.62 bits per heavy atom. The van der Waals surface area contributed by atoms with E-state index in [9.17, 15) is 4.79 Å². The van der Waals surface area contributed by atoms with Gasteiger partial charge in [-0.15, -0.1) is 0 Å². The number of halogens is 2. The van der Waals surface area contributed by atoms with E-state index in [4.69, 9.17) is 23.2 Å². The van der Waals surface area contributed by atoms with Crippen LogP contribution in [0.3, 0.4) is 0 Å². The van der Waals surface area contributed by atoms with Crippen LogP contribution in [-0.4, -0.2) is 23.9 Å². The van der Waals surface area contributed by atoms with Gasteiger partial charge < -0.3 is 5.32 Å². The van der Waals surface area contributed by atoms with Gasteiger partial charge in [0.15, 0.2) is 0 Å². The average molecular weight is 391 g/mol. The predicted molar refractivity (Wildman–Crippen MR) is 109 cm³/mol. The highest BCUT2D eigenvalue weighted by Gasteiger charge is 2.32. The Hall–Kier alpha value is -1.55. The first-order chi connectivity index (χ1) is 12.4. The van der Waals surface area contributed by atoms with E-state index >= 15 is 0 Å². The summed E-state index contributed by atoms with van der Waals surface area (Å²) < 4.78 is 0. The van der Waals surface area contributed by atoms with Gasteiger partial charge in [-0.25, -0.2) is 0 Å². The van der Waals surface area contributed by atoms with Crippen LogP contribution in [0.15, 0.2) is 48.5 Å². The first-order valence-electron chi connectivity index (χ1n) is 8.98. The highest BCUT2D eigenvalue weighted by Crippen LogP contribution is 2.31. The van der Waals surface area contributed by atoms with Crippen molar-refractivity contribution in [3.8, 4) is 0 Å². The van der Waals surface area contributed by atoms with Crippen molar-refractivity contribution in [1.82, 2.24) is 4.90 Å². The van der Waals surface area contributed by atoms with Crippen LogP contribution >= 0.6 is 23.2 Å². The van der Waals surface area contributed by atoms with Crippen LogP contribution < -0.4 is 5.32 Å². The van der Waals surface area contributed by atoms with Gasteiger partial charge in [-0.3, -0.25) is 9.69 Å². The molecule has 5 heteroatoms. The Morgan fingerprint density at radius 1 is 1.04 bits per heavy atom. The molecule has 3 rings (SSSR count). The van der Waals surface area contributed by atoms with Gasteiger partial charge in [-0.1, -0.05) is 67.4 Å². The van der Waals surface area contributed by atoms with E-state index in [0.29, 0.717) is 27.6 Å². The van der Waals surface area contributed by atoms with E-state index in [-0.39, 0.29) is 11.9 Å². The Labute approximate surface area is 165 Å². The molecule has 0 saturated carbocycles. The van der Waals surface area contributed by atoms with Crippen molar-refractivity contribution in [3.05, 3.63) is 64.1 Å². The molecule has 26 heavy (non-hydrogen) atoms. The molecule has 0 radical (unpaired) electrons. The summed E-state index contributed by atoms with van der Waals surface area (Å²) in [5.41, 5.74) is 1.62. The molecule has 1 heterocycles. The number of hydrogen-bond donors (Lipinski definition) is 1. The first-order valence-corrected chi connectivity index (χ1v) is 9.74. The van der Waals surface area contributed by atoms with Gasteiger partial charge in [-0.2, -0.15) is 0 Å². The van der Waals surface area contributed by atoms with Crippen LogP contribution in [0.1, 0.15) is 31.9 Å². The summed E-state index contributed by atoms with van der Waals surface area (Å²) in [5, 5.41) is 4.01. The van der Waals surface area contributed by atoms with Crippen molar-refractivity contribution in [2.45, 2.75) is 26.3 Å². The zero-order valence-corrected chi connectivity index (χ0v) is 16.6. The number of carbonyl (C=O) groups is 1. The topological polar surface area (TPSA) is 32.3 Å². The third-order valence-corrected chi connectivity index (χ3v) is 5.19. The molecule has 2 aromatic carbocycles. The maximum absolute atomic E-state index is 13.2. The fraction of sp³-hybridized carbons (Fsp3) is 0.381. The van der Waals surface area contributed by atoms with Gasteiger partial charge in [0.25, 0.3) is 0 Å². The SMILES string of the molecule is C[C@@H]1C[C@H](C)CN([C@@H](C(=O)Nc2cc(Cl)cc(Cl)c2)c2ccccc2)C1. The highest BCUT2D eigenvalue weighted by molar-refractivity contribution is 6.35. The molecule has 1 aliphatic rings. The quantitative estimate of drug-likeness (QED) is 0.730. The number of nitrogens with one attached hydrogen (secondary N) is 1. The highest BCUT2D eigenvalue weighted by atomic mass is 35.5. The Morgan fingerprint density at radius 3 is 2.19 bits per heavy atom. The molecule has 1 saturated heterocycles. The molecule has 2 aromatic rings. The number of likely N-dealkylation sites (tertiary alicyclic amines) is 1. The number of piperidine rings is 1. The minimum Gasteiger partial charge on any atom is -0.324 e. The van der Waals surface area contributed by atoms with Gasteiger partial charge in [-0.05, 0) is 42.0 Å². The number of rotatable bonds is 4. The number of amides is 1. The normalized spacial score (nSPS) is 22.0. The molecule has 1 amide bonds. The number of anilines is 1. The van der Waals surface area contributed by atoms with Crippen molar-refractivity contribution in [2.24, 2.45) is 11.8 Å². The Kier molecular flexibility index (Phi) is 6.23. The molecular weight excluding hydrogens is 367 g/mol. The van der Waals surface area contributed by atoms with Gasteiger partial charge in [0.05, 0.1) is 0 Å². The Balaban J connectivity index is 1.88. The summed E-state index contributed by atoms with van der Waals surface area (Å²) in [6.45, 7) is 6.32. The standard InChI is InChI=1S/C21H24Cl2N2O/c1-14-8-15(2)13-25(12-14)20(16-6-4-3-5-7-16)21(26)24-19-10-17(22)9-18(23)11-19/h3-7,9-11,14-15,20H,8,12-13H2,1-2H3,(H,24,26)/t14-,15+,20-/m1/s1. The van der Waals surface area contributed by atoms with E-state index in [1.807, 2.05) is 30.3 Å². The van der Waals surface area contributed by atoms with Gasteiger partial charge >= 0.3 is 0 Å². The molecule has 3 atom stereocenters. The number of nitrogens with zero attached hydrogens (tertiary/aromatic N) is 1. The molecule has 1 fully saturated rings. The molecule has 138 valence electrons. The second-order valence-electron chi connectivity index (χ2n) is 7.36. The molecule has 0 aromatic heterocycles. The molecule has 0 bridgehead atoms. The zero-order valence-electron chi connectivity index (χ0n) is 15.1.